The van der Waals surface area contributed by atoms with Crippen molar-refractivity contribution < 1.29 is 18.8 Å². The Hall–Kier alpha value is -3.04. The molecule has 0 bridgehead atoms. The summed E-state index contributed by atoms with van der Waals surface area (Å²) >= 11 is 5.77. The van der Waals surface area contributed by atoms with Gasteiger partial charge in [-0.2, -0.15) is 0 Å². The number of pyridine rings is 1. The van der Waals surface area contributed by atoms with Crippen LogP contribution >= 0.6 is 11.6 Å². The van der Waals surface area contributed by atoms with Crippen LogP contribution in [0.4, 0.5) is 14.9 Å². The fourth-order valence-electron chi connectivity index (χ4n) is 3.93. The molecule has 2 aliphatic heterocycles. The molecule has 8 nitrogen and oxygen atoms in total. The molecule has 4 amide bonds. The number of halogens is 2. The van der Waals surface area contributed by atoms with Gasteiger partial charge in [-0.05, 0) is 49.7 Å². The predicted octanol–water partition coefficient (Wildman–Crippen LogP) is 2.40. The Morgan fingerprint density at radius 3 is 2.87 bits per heavy atom. The summed E-state index contributed by atoms with van der Waals surface area (Å²) in [5, 5.41) is 5.69. The Morgan fingerprint density at radius 2 is 2.13 bits per heavy atom. The number of aromatic nitrogens is 1. The number of benzene rings is 1. The van der Waals surface area contributed by atoms with E-state index in [-0.39, 0.29) is 24.0 Å². The molecule has 10 heteroatoms. The first-order valence-corrected chi connectivity index (χ1v) is 10.3. The van der Waals surface area contributed by atoms with Crippen molar-refractivity contribution in [1.82, 2.24) is 20.1 Å². The highest BCUT2D eigenvalue weighted by Crippen LogP contribution is 2.26. The van der Waals surface area contributed by atoms with Crippen LogP contribution < -0.4 is 10.6 Å². The number of hydrogen-bond donors (Lipinski definition) is 2. The fraction of sp³-hybridized carbons (Fsp3) is 0.333. The maximum Gasteiger partial charge on any atom is 0.327 e. The minimum Gasteiger partial charge on any atom is -0.324 e. The van der Waals surface area contributed by atoms with Gasteiger partial charge in [-0.1, -0.05) is 17.7 Å². The molecule has 2 aliphatic rings. The molecule has 2 unspecified atom stereocenters. The lowest BCUT2D eigenvalue weighted by Gasteiger charge is -2.46. The highest BCUT2D eigenvalue weighted by Gasteiger charge is 2.47. The van der Waals surface area contributed by atoms with Crippen molar-refractivity contribution >= 4 is 35.1 Å². The molecule has 0 radical (unpaired) electrons. The van der Waals surface area contributed by atoms with Crippen LogP contribution in [-0.4, -0.2) is 57.8 Å². The number of rotatable bonds is 5. The topological polar surface area (TPSA) is 94.6 Å². The van der Waals surface area contributed by atoms with Crippen LogP contribution in [0.3, 0.4) is 0 Å². The summed E-state index contributed by atoms with van der Waals surface area (Å²) in [5.74, 6) is -1.37. The molecule has 4 rings (SSSR count). The summed E-state index contributed by atoms with van der Waals surface area (Å²) < 4.78 is 13.4. The summed E-state index contributed by atoms with van der Waals surface area (Å²) in [5.41, 5.74) is 0.893. The largest absolute Gasteiger partial charge is 0.327 e. The molecule has 2 aromatic rings. The van der Waals surface area contributed by atoms with Gasteiger partial charge in [0.1, 0.15) is 18.4 Å². The SMILES string of the molecule is O=C(CN1C(=O)N(Cc2ccccn2)C(=O)C2NCCCC21)Nc1ccc(F)c(Cl)c1. The van der Waals surface area contributed by atoms with Crippen LogP contribution in [0.1, 0.15) is 18.5 Å². The van der Waals surface area contributed by atoms with Gasteiger partial charge < -0.3 is 15.5 Å². The lowest BCUT2D eigenvalue weighted by atomic mass is 9.93. The highest BCUT2D eigenvalue weighted by atomic mass is 35.5. The number of carbonyl (C=O) groups is 3. The van der Waals surface area contributed by atoms with Gasteiger partial charge >= 0.3 is 6.03 Å². The Morgan fingerprint density at radius 1 is 1.29 bits per heavy atom. The minimum atomic E-state index is -0.592. The number of imide groups is 1. The predicted molar refractivity (Wildman–Crippen MR) is 112 cm³/mol. The fourth-order valence-corrected chi connectivity index (χ4v) is 4.11. The third kappa shape index (κ3) is 4.52. The van der Waals surface area contributed by atoms with E-state index in [0.717, 1.165) is 17.4 Å². The lowest BCUT2D eigenvalue weighted by Crippen LogP contribution is -2.70. The van der Waals surface area contributed by atoms with Gasteiger partial charge in [0, 0.05) is 11.9 Å². The van der Waals surface area contributed by atoms with Gasteiger partial charge in [-0.25, -0.2) is 9.18 Å². The van der Waals surface area contributed by atoms with Crippen molar-refractivity contribution in [1.29, 1.82) is 0 Å². The van der Waals surface area contributed by atoms with Crippen LogP contribution in [0.15, 0.2) is 42.6 Å². The molecule has 1 aromatic heterocycles. The van der Waals surface area contributed by atoms with E-state index in [0.29, 0.717) is 24.3 Å². The Bertz CT molecular complexity index is 1010. The number of piperidine rings is 1. The molecule has 162 valence electrons. The van der Waals surface area contributed by atoms with Gasteiger partial charge in [-0.15, -0.1) is 0 Å². The number of anilines is 1. The number of hydrogen-bond acceptors (Lipinski definition) is 5. The lowest BCUT2D eigenvalue weighted by molar-refractivity contribution is -0.138. The summed E-state index contributed by atoms with van der Waals surface area (Å²) in [6.07, 6.45) is 2.99. The van der Waals surface area contributed by atoms with E-state index in [1.807, 2.05) is 0 Å². The second-order valence-corrected chi connectivity index (χ2v) is 7.88. The van der Waals surface area contributed by atoms with E-state index >= 15 is 0 Å². The molecule has 2 saturated heterocycles. The average molecular weight is 446 g/mol. The first-order valence-electron chi connectivity index (χ1n) is 9.94. The average Bonchev–Trinajstić information content (AvgIpc) is 2.77. The van der Waals surface area contributed by atoms with Crippen LogP contribution in [0.2, 0.25) is 5.02 Å². The van der Waals surface area contributed by atoms with Crippen molar-refractivity contribution in [2.75, 3.05) is 18.4 Å². The summed E-state index contributed by atoms with van der Waals surface area (Å²) in [7, 11) is 0. The number of fused-ring (bicyclic) bond motifs is 1. The zero-order valence-corrected chi connectivity index (χ0v) is 17.3. The highest BCUT2D eigenvalue weighted by molar-refractivity contribution is 6.31. The molecule has 2 N–H and O–H groups in total. The second-order valence-electron chi connectivity index (χ2n) is 7.47. The Labute approximate surface area is 183 Å². The normalized spacial score (nSPS) is 21.1. The van der Waals surface area contributed by atoms with E-state index < -0.39 is 29.8 Å². The van der Waals surface area contributed by atoms with E-state index in [1.54, 1.807) is 24.4 Å². The first kappa shape index (κ1) is 21.2. The molecule has 1 aromatic carbocycles. The zero-order chi connectivity index (χ0) is 22.0. The monoisotopic (exact) mass is 445 g/mol. The molecule has 0 spiro atoms. The van der Waals surface area contributed by atoms with Gasteiger partial charge in [0.15, 0.2) is 0 Å². The third-order valence-corrected chi connectivity index (χ3v) is 5.69. The molecular weight excluding hydrogens is 425 g/mol. The molecule has 0 saturated carbocycles. The minimum absolute atomic E-state index is 0.0229. The maximum atomic E-state index is 13.4. The quantitative estimate of drug-likeness (QED) is 0.737. The van der Waals surface area contributed by atoms with Gasteiger partial charge in [0.05, 0.1) is 23.3 Å². The maximum absolute atomic E-state index is 13.4. The number of nitrogens with zero attached hydrogens (tertiary/aromatic N) is 3. The van der Waals surface area contributed by atoms with Crippen LogP contribution in [0.25, 0.3) is 0 Å². The van der Waals surface area contributed by atoms with E-state index in [2.05, 4.69) is 15.6 Å². The van der Waals surface area contributed by atoms with Crippen molar-refractivity contribution in [2.24, 2.45) is 0 Å². The van der Waals surface area contributed by atoms with Crippen LogP contribution in [0, 0.1) is 5.82 Å². The van der Waals surface area contributed by atoms with Crippen LogP contribution in [-0.2, 0) is 16.1 Å². The number of urea groups is 1. The van der Waals surface area contributed by atoms with Gasteiger partial charge in [0.25, 0.3) is 0 Å². The molecule has 3 heterocycles. The molecule has 2 fully saturated rings. The Balaban J connectivity index is 1.53. The molecule has 31 heavy (non-hydrogen) atoms. The molecule has 2 atom stereocenters. The third-order valence-electron chi connectivity index (χ3n) is 5.40. The Kier molecular flexibility index (Phi) is 6.15. The zero-order valence-electron chi connectivity index (χ0n) is 16.6. The van der Waals surface area contributed by atoms with Gasteiger partial charge in [0.2, 0.25) is 11.8 Å². The van der Waals surface area contributed by atoms with Crippen LogP contribution in [0.5, 0.6) is 0 Å². The number of nitrogens with one attached hydrogen (secondary N) is 2. The standard InChI is InChI=1S/C21H21ClFN5O3/c22-15-10-13(6-7-16(15)23)26-18(29)12-27-17-5-3-9-25-19(17)20(30)28(21(27)31)11-14-4-1-2-8-24-14/h1-2,4,6-8,10,17,19,25H,3,5,9,11-12H2,(H,26,29). The van der Waals surface area contributed by atoms with Gasteiger partial charge in [-0.3, -0.25) is 19.5 Å². The second kappa shape index (κ2) is 8.99. The summed E-state index contributed by atoms with van der Waals surface area (Å²) in [6.45, 7) is 0.435. The smallest absolute Gasteiger partial charge is 0.324 e. The summed E-state index contributed by atoms with van der Waals surface area (Å²) in [4.78, 5) is 45.6. The van der Waals surface area contributed by atoms with E-state index in [9.17, 15) is 18.8 Å². The number of amides is 4. The number of carbonyl (C=O) groups excluding carboxylic acids is 3. The van der Waals surface area contributed by atoms with Crippen molar-refractivity contribution in [3.05, 3.63) is 59.1 Å². The van der Waals surface area contributed by atoms with E-state index in [4.69, 9.17) is 11.6 Å². The van der Waals surface area contributed by atoms with Crippen molar-refractivity contribution in [2.45, 2.75) is 31.5 Å². The molecular formula is C21H21ClFN5O3. The first-order chi connectivity index (χ1) is 14.9. The van der Waals surface area contributed by atoms with Crippen molar-refractivity contribution in [3.8, 4) is 0 Å². The van der Waals surface area contributed by atoms with E-state index in [1.165, 1.54) is 17.0 Å². The van der Waals surface area contributed by atoms with Crippen molar-refractivity contribution in [3.63, 3.8) is 0 Å². The molecule has 0 aliphatic carbocycles. The summed E-state index contributed by atoms with van der Waals surface area (Å²) in [6, 6.07) is 7.57.